The topological polar surface area (TPSA) is 178 Å². The number of rotatable bonds is 14. The van der Waals surface area contributed by atoms with Crippen molar-refractivity contribution < 1.29 is 42.9 Å². The van der Waals surface area contributed by atoms with Gasteiger partial charge in [-0.2, -0.15) is 0 Å². The Labute approximate surface area is 300 Å². The Morgan fingerprint density at radius 1 is 0.896 bits per heavy atom. The van der Waals surface area contributed by atoms with Gasteiger partial charge in [0.05, 0.1) is 18.8 Å². The van der Waals surface area contributed by atoms with Crippen LogP contribution in [0.15, 0.2) is 40.9 Å². The zero-order valence-corrected chi connectivity index (χ0v) is 31.3. The Kier molecular flexibility index (Phi) is 15.5. The molecule has 0 radical (unpaired) electrons. The summed E-state index contributed by atoms with van der Waals surface area (Å²) in [5, 5.41) is 27.8. The zero-order valence-electron chi connectivity index (χ0n) is 27.5. The van der Waals surface area contributed by atoms with Crippen LogP contribution >= 0.6 is 38.5 Å². The molecule has 4 atom stereocenters. The number of ether oxygens (including phenoxy) is 1. The smallest absolute Gasteiger partial charge is 0.407 e. The predicted molar refractivity (Wildman–Crippen MR) is 187 cm³/mol. The van der Waals surface area contributed by atoms with Gasteiger partial charge in [0.1, 0.15) is 23.7 Å². The van der Waals surface area contributed by atoms with E-state index in [1.807, 2.05) is 24.3 Å². The lowest BCUT2D eigenvalue weighted by Crippen LogP contribution is -2.60. The van der Waals surface area contributed by atoms with Crippen molar-refractivity contribution in [1.29, 1.82) is 0 Å². The summed E-state index contributed by atoms with van der Waals surface area (Å²) >= 11 is 5.16. The first-order chi connectivity index (χ1) is 22.2. The molecule has 0 bridgehead atoms. The SMILES string of the molecule is CC(C)(C)C(NC(=O)O)C(=O)NNCC(O)C(Cc1ccc(I)cc1)NC(=O)C(NC(=O)OCCc1c(F)cc(Br)cc1F)C(C)(C)C. The third kappa shape index (κ3) is 13.4. The molecule has 2 aromatic rings. The average Bonchev–Trinajstić information content (AvgIpc) is 2.95. The van der Waals surface area contributed by atoms with Crippen LogP contribution in [0.1, 0.15) is 52.7 Å². The fourth-order valence-electron chi connectivity index (χ4n) is 4.57. The van der Waals surface area contributed by atoms with Crippen LogP contribution in [-0.4, -0.2) is 71.6 Å². The van der Waals surface area contributed by atoms with E-state index in [9.17, 15) is 33.1 Å². The average molecular weight is 855 g/mol. The maximum Gasteiger partial charge on any atom is 0.407 e. The molecule has 0 aliphatic carbocycles. The van der Waals surface area contributed by atoms with Crippen molar-refractivity contribution in [2.24, 2.45) is 10.8 Å². The normalized spacial score (nSPS) is 14.2. The number of carbonyl (C=O) groups excluding carboxylic acids is 3. The Hall–Kier alpha value is -3.09. The number of hydrogen-bond donors (Lipinski definition) is 7. The number of hydrogen-bond acceptors (Lipinski definition) is 7. The summed E-state index contributed by atoms with van der Waals surface area (Å²) in [5.41, 5.74) is 3.97. The summed E-state index contributed by atoms with van der Waals surface area (Å²) in [7, 11) is 0. The van der Waals surface area contributed by atoms with Gasteiger partial charge in [-0.3, -0.25) is 15.0 Å². The predicted octanol–water partition coefficient (Wildman–Crippen LogP) is 4.41. The molecule has 2 aromatic carbocycles. The molecule has 0 spiro atoms. The second-order valence-electron chi connectivity index (χ2n) is 13.3. The number of aliphatic hydroxyl groups is 1. The van der Waals surface area contributed by atoms with Gasteiger partial charge in [-0.15, -0.1) is 0 Å². The van der Waals surface area contributed by atoms with Crippen LogP contribution < -0.4 is 26.8 Å². The summed E-state index contributed by atoms with van der Waals surface area (Å²) in [4.78, 5) is 50.3. The molecule has 0 saturated heterocycles. The summed E-state index contributed by atoms with van der Waals surface area (Å²) in [6.07, 6.45) is -3.68. The summed E-state index contributed by atoms with van der Waals surface area (Å²) in [6.45, 7) is 9.60. The van der Waals surface area contributed by atoms with Gasteiger partial charge in [0, 0.05) is 26.6 Å². The number of hydrazine groups is 1. The number of halogens is 4. The van der Waals surface area contributed by atoms with Gasteiger partial charge in [0.15, 0.2) is 0 Å². The maximum absolute atomic E-state index is 14.2. The molecule has 0 heterocycles. The van der Waals surface area contributed by atoms with Crippen LogP contribution in [0.3, 0.4) is 0 Å². The van der Waals surface area contributed by atoms with E-state index in [0.29, 0.717) is 0 Å². The number of carboxylic acid groups (broad SMARTS) is 1. The molecule has 12 nitrogen and oxygen atoms in total. The van der Waals surface area contributed by atoms with Crippen LogP contribution in [0.4, 0.5) is 18.4 Å². The van der Waals surface area contributed by atoms with Crippen molar-refractivity contribution in [1.82, 2.24) is 26.8 Å². The minimum atomic E-state index is -1.37. The van der Waals surface area contributed by atoms with Gasteiger partial charge in [-0.1, -0.05) is 69.6 Å². The van der Waals surface area contributed by atoms with Gasteiger partial charge in [-0.25, -0.2) is 23.8 Å². The van der Waals surface area contributed by atoms with Gasteiger partial charge >= 0.3 is 12.2 Å². The monoisotopic (exact) mass is 853 g/mol. The molecular formula is C32H43BrF2IN5O7. The largest absolute Gasteiger partial charge is 0.465 e. The first kappa shape index (κ1) is 41.1. The molecule has 0 aliphatic rings. The third-order valence-corrected chi connectivity index (χ3v) is 8.34. The van der Waals surface area contributed by atoms with E-state index in [1.165, 1.54) is 0 Å². The van der Waals surface area contributed by atoms with Crippen molar-refractivity contribution in [2.75, 3.05) is 13.2 Å². The molecule has 7 N–H and O–H groups in total. The molecular weight excluding hydrogens is 811 g/mol. The van der Waals surface area contributed by atoms with Gasteiger partial charge in [-0.05, 0) is 69.7 Å². The van der Waals surface area contributed by atoms with Crippen LogP contribution in [0, 0.1) is 26.0 Å². The highest BCUT2D eigenvalue weighted by molar-refractivity contribution is 14.1. The van der Waals surface area contributed by atoms with Crippen LogP contribution in [-0.2, 0) is 27.2 Å². The van der Waals surface area contributed by atoms with Gasteiger partial charge in [0.2, 0.25) is 5.91 Å². The minimum absolute atomic E-state index is 0.177. The van der Waals surface area contributed by atoms with E-state index in [0.717, 1.165) is 21.3 Å². The Morgan fingerprint density at radius 3 is 1.96 bits per heavy atom. The summed E-state index contributed by atoms with van der Waals surface area (Å²) < 4.78 is 34.7. The van der Waals surface area contributed by atoms with Crippen molar-refractivity contribution in [3.63, 3.8) is 0 Å². The lowest BCUT2D eigenvalue weighted by molar-refractivity contribution is -0.128. The van der Waals surface area contributed by atoms with Crippen LogP contribution in [0.2, 0.25) is 0 Å². The highest BCUT2D eigenvalue weighted by Crippen LogP contribution is 2.22. The molecule has 4 unspecified atom stereocenters. The molecule has 266 valence electrons. The van der Waals surface area contributed by atoms with E-state index in [2.05, 4.69) is 65.3 Å². The molecule has 0 aromatic heterocycles. The van der Waals surface area contributed by atoms with Crippen molar-refractivity contribution in [3.05, 3.63) is 67.2 Å². The quantitative estimate of drug-likeness (QED) is 0.108. The van der Waals surface area contributed by atoms with E-state index in [1.54, 1.807) is 41.5 Å². The third-order valence-electron chi connectivity index (χ3n) is 7.16. The van der Waals surface area contributed by atoms with Crippen LogP contribution in [0.5, 0.6) is 0 Å². The standard InChI is InChI=1S/C32H43BrF2IN5O7/c1-31(2,3)25(40-30(47)48-12-11-20-21(34)14-18(33)15-22(20)35)27(43)38-23(13-17-7-9-19(36)10-8-17)24(42)16-37-41-28(44)26(32(4,5)6)39-29(45)46/h7-10,14-15,23-26,37,39,42H,11-13,16H2,1-6H3,(H,38,43)(H,40,47)(H,41,44)(H,45,46). The second-order valence-corrected chi connectivity index (χ2v) is 15.5. The van der Waals surface area contributed by atoms with E-state index < -0.39 is 70.7 Å². The van der Waals surface area contributed by atoms with E-state index in [4.69, 9.17) is 9.84 Å². The number of aliphatic hydroxyl groups excluding tert-OH is 1. The highest BCUT2D eigenvalue weighted by Gasteiger charge is 2.36. The van der Waals surface area contributed by atoms with Crippen molar-refractivity contribution in [2.45, 2.75) is 78.6 Å². The van der Waals surface area contributed by atoms with Gasteiger partial charge < -0.3 is 30.9 Å². The lowest BCUT2D eigenvalue weighted by Gasteiger charge is -2.33. The Bertz CT molecular complexity index is 1410. The molecule has 0 aliphatic heterocycles. The number of amides is 4. The van der Waals surface area contributed by atoms with Crippen molar-refractivity contribution >= 4 is 62.5 Å². The summed E-state index contributed by atoms with van der Waals surface area (Å²) in [5.74, 6) is -2.90. The minimum Gasteiger partial charge on any atom is -0.465 e. The molecule has 4 amide bonds. The molecule has 16 heteroatoms. The second kappa shape index (κ2) is 18.1. The zero-order chi connectivity index (χ0) is 36.4. The molecule has 48 heavy (non-hydrogen) atoms. The molecule has 0 fully saturated rings. The Balaban J connectivity index is 2.14. The highest BCUT2D eigenvalue weighted by atomic mass is 127. The fraction of sp³-hybridized carbons (Fsp3) is 0.500. The van der Waals surface area contributed by atoms with Crippen LogP contribution in [0.25, 0.3) is 0 Å². The number of alkyl carbamates (subject to hydrolysis) is 1. The summed E-state index contributed by atoms with van der Waals surface area (Å²) in [6, 6.07) is 6.43. The molecule has 2 rings (SSSR count). The van der Waals surface area contributed by atoms with E-state index >= 15 is 0 Å². The lowest BCUT2D eigenvalue weighted by atomic mass is 9.85. The molecule has 0 saturated carbocycles. The number of carbonyl (C=O) groups is 4. The number of nitrogens with one attached hydrogen (secondary N) is 5. The maximum atomic E-state index is 14.2. The first-order valence-electron chi connectivity index (χ1n) is 15.0. The van der Waals surface area contributed by atoms with Crippen molar-refractivity contribution in [3.8, 4) is 0 Å². The fourth-order valence-corrected chi connectivity index (χ4v) is 5.33. The van der Waals surface area contributed by atoms with Gasteiger partial charge in [0.25, 0.3) is 5.91 Å². The van der Waals surface area contributed by atoms with E-state index in [-0.39, 0.29) is 36.0 Å². The first-order valence-corrected chi connectivity index (χ1v) is 16.9. The Morgan fingerprint density at radius 2 is 1.44 bits per heavy atom. The number of benzene rings is 2.